The molecule has 12 heteroatoms. The van der Waals surface area contributed by atoms with E-state index in [0.29, 0.717) is 16.7 Å². The van der Waals surface area contributed by atoms with E-state index in [0.717, 1.165) is 134 Å². The second kappa shape index (κ2) is 31.8. The lowest BCUT2D eigenvalue weighted by molar-refractivity contribution is 1.09. The molecule has 0 amide bonds. The summed E-state index contributed by atoms with van der Waals surface area (Å²) in [7, 11) is 0. The SMILES string of the molecule is Cc1cccc2c1c1c(C)cccc1n2-c1cncc(-n2c3cccc(C)c3c3c(C)cccc32)c1-c1ccc(C#N)cc1.Cc1cccc2c1c1c(C)cccc1n2-c1cncc(-n2c3cccc(C)c3c3c(C)cccc32)c1-c1cccc(C#N)c1.Cc1cccc2c1c1c(C)cccc1n2-c1cncc(-n2c3cccc(C)c3c3c(C)cccc32)c1-c1ccccc1C#N. The van der Waals surface area contributed by atoms with E-state index in [1.54, 1.807) is 0 Å². The first kappa shape index (κ1) is 80.8. The molecule has 0 unspecified atom stereocenters. The van der Waals surface area contributed by atoms with E-state index >= 15 is 0 Å². The van der Waals surface area contributed by atoms with Crippen LogP contribution in [-0.2, 0) is 0 Å². The van der Waals surface area contributed by atoms with E-state index in [1.165, 1.54) is 131 Å². The number of hydrogen-bond donors (Lipinski definition) is 0. The van der Waals surface area contributed by atoms with E-state index in [2.05, 4.69) is 371 Å². The molecule has 0 aliphatic heterocycles. The van der Waals surface area contributed by atoms with Gasteiger partial charge in [-0.05, 0) is 264 Å². The fourth-order valence-electron chi connectivity index (χ4n) is 21.8. The molecule has 0 fully saturated rings. The first-order valence-electron chi connectivity index (χ1n) is 44.9. The van der Waals surface area contributed by atoms with Crippen molar-refractivity contribution >= 4 is 131 Å². The minimum absolute atomic E-state index is 0.624. The van der Waals surface area contributed by atoms with E-state index in [4.69, 9.17) is 15.0 Å². The summed E-state index contributed by atoms with van der Waals surface area (Å²) in [5.41, 5.74) is 42.2. The summed E-state index contributed by atoms with van der Waals surface area (Å²) in [6.45, 7) is 26.2. The highest BCUT2D eigenvalue weighted by Gasteiger charge is 2.30. The lowest BCUT2D eigenvalue weighted by Gasteiger charge is -2.20. The van der Waals surface area contributed by atoms with Crippen molar-refractivity contribution < 1.29 is 0 Å². The maximum Gasteiger partial charge on any atom is 0.0998 e. The second-order valence-corrected chi connectivity index (χ2v) is 35.3. The highest BCUT2D eigenvalue weighted by molar-refractivity contribution is 6.19. The summed E-state index contributed by atoms with van der Waals surface area (Å²) in [5, 5.41) is 45.0. The fourth-order valence-corrected chi connectivity index (χ4v) is 21.8. The van der Waals surface area contributed by atoms with Gasteiger partial charge in [-0.25, -0.2) is 0 Å². The minimum atomic E-state index is 0.624. The van der Waals surface area contributed by atoms with Crippen LogP contribution in [0.5, 0.6) is 0 Å². The van der Waals surface area contributed by atoms with Crippen molar-refractivity contribution in [3.63, 3.8) is 0 Å². The molecule has 9 heterocycles. The molecule has 0 saturated heterocycles. The predicted octanol–water partition coefficient (Wildman–Crippen LogP) is 30.1. The van der Waals surface area contributed by atoms with E-state index in [-0.39, 0.29) is 0 Å². The maximum absolute atomic E-state index is 10.4. The van der Waals surface area contributed by atoms with Crippen LogP contribution in [0.25, 0.3) is 198 Å². The third-order valence-corrected chi connectivity index (χ3v) is 27.5. The van der Waals surface area contributed by atoms with Gasteiger partial charge in [0, 0.05) is 86.9 Å². The lowest BCUT2D eigenvalue weighted by atomic mass is 9.97. The summed E-state index contributed by atoms with van der Waals surface area (Å²) in [5.74, 6) is 0. The average Bonchev–Trinajstić information content (AvgIpc) is 1.56. The minimum Gasteiger partial charge on any atom is -0.307 e. The zero-order valence-electron chi connectivity index (χ0n) is 75.5. The van der Waals surface area contributed by atoms with E-state index in [1.807, 2.05) is 85.7 Å². The zero-order valence-corrected chi connectivity index (χ0v) is 75.5. The summed E-state index contributed by atoms with van der Waals surface area (Å²) < 4.78 is 14.2. The number of benzene rings is 15. The van der Waals surface area contributed by atoms with E-state index < -0.39 is 0 Å². The molecule has 0 aliphatic rings. The zero-order chi connectivity index (χ0) is 90.3. The number of rotatable bonds is 9. The lowest BCUT2D eigenvalue weighted by Crippen LogP contribution is -2.05. The summed E-state index contributed by atoms with van der Waals surface area (Å²) >= 11 is 0. The number of nitriles is 3. The van der Waals surface area contributed by atoms with Gasteiger partial charge >= 0.3 is 0 Å². The van der Waals surface area contributed by atoms with Crippen LogP contribution in [0.3, 0.4) is 0 Å². The van der Waals surface area contributed by atoms with Crippen molar-refractivity contribution in [1.29, 1.82) is 15.8 Å². The number of fused-ring (bicyclic) bond motifs is 18. The van der Waals surface area contributed by atoms with Crippen molar-refractivity contribution in [3.8, 4) is 85.7 Å². The normalized spacial score (nSPS) is 11.6. The van der Waals surface area contributed by atoms with Crippen molar-refractivity contribution in [2.75, 3.05) is 0 Å². The molecule has 15 aromatic carbocycles. The van der Waals surface area contributed by atoms with Gasteiger partial charge in [0.1, 0.15) is 0 Å². The van der Waals surface area contributed by atoms with Crippen molar-refractivity contribution in [2.24, 2.45) is 0 Å². The maximum atomic E-state index is 10.4. The van der Waals surface area contributed by atoms with Crippen LogP contribution in [0.15, 0.2) is 328 Å². The van der Waals surface area contributed by atoms with Crippen molar-refractivity contribution in [1.82, 2.24) is 42.4 Å². The Morgan fingerprint density at radius 1 is 0.189 bits per heavy atom. The molecule has 0 bridgehead atoms. The van der Waals surface area contributed by atoms with Gasteiger partial charge in [-0.15, -0.1) is 0 Å². The van der Waals surface area contributed by atoms with Gasteiger partial charge in [0.05, 0.1) is 172 Å². The quantitative estimate of drug-likeness (QED) is 0.141. The molecule has 0 radical (unpaired) electrons. The van der Waals surface area contributed by atoms with E-state index in [9.17, 15) is 15.8 Å². The Kier molecular flexibility index (Phi) is 19.5. The first-order valence-corrected chi connectivity index (χ1v) is 44.9. The third-order valence-electron chi connectivity index (χ3n) is 27.5. The molecular weight excluding hydrogens is 1610 g/mol. The Bertz CT molecular complexity index is 8370. The first-order chi connectivity index (χ1) is 64.4. The Balaban J connectivity index is 0.000000116. The molecule has 0 aliphatic carbocycles. The van der Waals surface area contributed by atoms with Gasteiger partial charge in [0.25, 0.3) is 0 Å². The smallest absolute Gasteiger partial charge is 0.0998 e. The Labute approximate surface area is 764 Å². The second-order valence-electron chi connectivity index (χ2n) is 35.3. The van der Waals surface area contributed by atoms with Gasteiger partial charge in [-0.1, -0.05) is 188 Å². The van der Waals surface area contributed by atoms with Crippen molar-refractivity contribution in [2.45, 2.75) is 83.1 Å². The van der Waals surface area contributed by atoms with Crippen LogP contribution in [-0.4, -0.2) is 42.4 Å². The Hall–Kier alpha value is -17.0. The van der Waals surface area contributed by atoms with Crippen LogP contribution in [0.4, 0.5) is 0 Å². The monoisotopic (exact) mass is 1700 g/mol. The fraction of sp³-hybridized carbons (Fsp3) is 0.100. The topological polar surface area (TPSA) is 140 Å². The summed E-state index contributed by atoms with van der Waals surface area (Å²) in [6.07, 6.45) is 11.9. The Morgan fingerprint density at radius 3 is 0.629 bits per heavy atom. The number of pyridine rings is 3. The average molecular weight is 1700 g/mol. The van der Waals surface area contributed by atoms with Crippen molar-refractivity contribution in [3.05, 3.63) is 412 Å². The molecule has 630 valence electrons. The molecule has 0 spiro atoms. The largest absolute Gasteiger partial charge is 0.307 e. The molecule has 12 nitrogen and oxygen atoms in total. The van der Waals surface area contributed by atoms with Gasteiger partial charge in [0.2, 0.25) is 0 Å². The number of aryl methyl sites for hydroxylation is 12. The molecule has 132 heavy (non-hydrogen) atoms. The Morgan fingerprint density at radius 2 is 0.402 bits per heavy atom. The van der Waals surface area contributed by atoms with Crippen LogP contribution >= 0.6 is 0 Å². The third kappa shape index (κ3) is 12.4. The van der Waals surface area contributed by atoms with Gasteiger partial charge in [-0.3, -0.25) is 15.0 Å². The van der Waals surface area contributed by atoms with Gasteiger partial charge in [0.15, 0.2) is 0 Å². The number of nitrogens with zero attached hydrogens (tertiary/aromatic N) is 12. The van der Waals surface area contributed by atoms with Gasteiger partial charge < -0.3 is 27.4 Å². The summed E-state index contributed by atoms with van der Waals surface area (Å²) in [6, 6.07) is 109. The number of hydrogen-bond acceptors (Lipinski definition) is 6. The van der Waals surface area contributed by atoms with Crippen LogP contribution < -0.4 is 0 Å². The van der Waals surface area contributed by atoms with Crippen LogP contribution in [0.1, 0.15) is 83.5 Å². The van der Waals surface area contributed by atoms with Gasteiger partial charge in [-0.2, -0.15) is 15.8 Å². The molecule has 24 aromatic rings. The molecule has 0 N–H and O–H groups in total. The predicted molar refractivity (Wildman–Crippen MR) is 546 cm³/mol. The molecule has 24 rings (SSSR count). The standard InChI is InChI=1S/3C40H30N4/c1-24-10-5-16-30-36(24)37-25(2)11-6-17-31(37)43(30)34-22-42-23-35(40(34)29-15-9-14-28(20-29)21-41)44-32-18-7-12-26(3)38(32)39-27(4)13-8-19-33(39)44;1-24-9-5-13-30-36(24)37-25(2)10-6-14-31(37)43(30)34-22-42-23-35(40(34)29-19-17-28(21-41)18-20-29)44-32-15-7-11-26(3)38(32)39-27(4)12-8-16-33(39)44;1-24-11-7-17-30-36(24)37-25(2)12-8-18-31(37)43(30)34-22-42-23-35(40(34)29-16-6-5-15-28(29)21-41)44-32-19-9-13-26(3)38(32)39-27(4)14-10-20-33(39)44/h3*5-20,22-23H,1-4H3. The number of aromatic nitrogens is 9. The molecule has 0 saturated carbocycles. The van der Waals surface area contributed by atoms with Crippen LogP contribution in [0, 0.1) is 117 Å². The highest BCUT2D eigenvalue weighted by Crippen LogP contribution is 2.50. The molecule has 9 aromatic heterocycles. The van der Waals surface area contributed by atoms with Crippen LogP contribution in [0.2, 0.25) is 0 Å². The highest BCUT2D eigenvalue weighted by atomic mass is 15.1. The molecule has 0 atom stereocenters. The summed E-state index contributed by atoms with van der Waals surface area (Å²) in [4.78, 5) is 14.8. The molecular formula is C120H90N12.